The molecule has 0 fully saturated rings. The predicted molar refractivity (Wildman–Crippen MR) is 68.8 cm³/mol. The van der Waals surface area contributed by atoms with Crippen molar-refractivity contribution < 1.29 is 23.0 Å². The molecule has 0 saturated carbocycles. The van der Waals surface area contributed by atoms with E-state index in [1.807, 2.05) is 0 Å². The molecule has 0 bridgehead atoms. The van der Waals surface area contributed by atoms with Gasteiger partial charge in [0.2, 0.25) is 0 Å². The minimum atomic E-state index is -4.50. The number of hydrogen-bond acceptors (Lipinski definition) is 4. The van der Waals surface area contributed by atoms with Crippen LogP contribution in [0, 0.1) is 0 Å². The van der Waals surface area contributed by atoms with Crippen LogP contribution in [-0.2, 0) is 6.18 Å². The molecule has 1 N–H and O–H groups in total. The summed E-state index contributed by atoms with van der Waals surface area (Å²) in [6, 6.07) is 6.69. The normalized spacial score (nSPS) is 13.2. The first-order chi connectivity index (χ1) is 9.43. The molecule has 1 aromatic carbocycles. The smallest absolute Gasteiger partial charge is 0.443 e. The van der Waals surface area contributed by atoms with Gasteiger partial charge in [-0.1, -0.05) is 18.2 Å². The number of aliphatic hydroxyl groups excluding tert-OH is 1. The van der Waals surface area contributed by atoms with Gasteiger partial charge in [0, 0.05) is 11.8 Å². The minimum absolute atomic E-state index is 0.129. The number of nitrogens with zero attached hydrogens (tertiary/aromatic N) is 1. The van der Waals surface area contributed by atoms with Gasteiger partial charge in [-0.2, -0.15) is 13.2 Å². The van der Waals surface area contributed by atoms with Gasteiger partial charge in [0.25, 0.3) is 0 Å². The van der Waals surface area contributed by atoms with Crippen molar-refractivity contribution in [2.75, 3.05) is 6.61 Å². The van der Waals surface area contributed by atoms with Crippen LogP contribution in [0.3, 0.4) is 0 Å². The first kappa shape index (κ1) is 14.8. The Hall–Kier alpha value is -1.60. The summed E-state index contributed by atoms with van der Waals surface area (Å²) in [6.07, 6.45) is -4.64. The molecule has 108 valence electrons. The van der Waals surface area contributed by atoms with Crippen LogP contribution < -0.4 is 4.74 Å². The Kier molecular flexibility index (Phi) is 4.29. The molecular formula is C13H12F3NO2S. The van der Waals surface area contributed by atoms with Crippen molar-refractivity contribution in [1.29, 1.82) is 0 Å². The molecule has 0 spiro atoms. The zero-order valence-electron chi connectivity index (χ0n) is 10.5. The van der Waals surface area contributed by atoms with Crippen LogP contribution in [0.1, 0.15) is 28.5 Å². The second-order valence-electron chi connectivity index (χ2n) is 3.94. The molecule has 2 rings (SSSR count). The largest absolute Gasteiger partial charge is 0.493 e. The van der Waals surface area contributed by atoms with E-state index in [1.165, 1.54) is 0 Å². The zero-order valence-corrected chi connectivity index (χ0v) is 11.3. The van der Waals surface area contributed by atoms with E-state index in [0.29, 0.717) is 29.3 Å². The van der Waals surface area contributed by atoms with E-state index in [2.05, 4.69) is 4.98 Å². The lowest BCUT2D eigenvalue weighted by Gasteiger charge is -2.14. The molecule has 0 radical (unpaired) electrons. The Morgan fingerprint density at radius 2 is 2.05 bits per heavy atom. The summed E-state index contributed by atoms with van der Waals surface area (Å²) in [7, 11) is 0. The summed E-state index contributed by atoms with van der Waals surface area (Å²) in [5, 5.41) is 9.23. The van der Waals surface area contributed by atoms with Crippen molar-refractivity contribution in [2.24, 2.45) is 0 Å². The number of alkyl halides is 3. The minimum Gasteiger partial charge on any atom is -0.493 e. The third-order valence-electron chi connectivity index (χ3n) is 2.55. The third kappa shape index (κ3) is 3.10. The summed E-state index contributed by atoms with van der Waals surface area (Å²) in [6.45, 7) is 2.19. The number of para-hydroxylation sites is 1. The van der Waals surface area contributed by atoms with Crippen LogP contribution in [0.5, 0.6) is 5.75 Å². The highest BCUT2D eigenvalue weighted by Gasteiger charge is 2.35. The molecule has 20 heavy (non-hydrogen) atoms. The highest BCUT2D eigenvalue weighted by Crippen LogP contribution is 2.37. The van der Waals surface area contributed by atoms with Gasteiger partial charge in [-0.3, -0.25) is 0 Å². The number of aromatic nitrogens is 1. The quantitative estimate of drug-likeness (QED) is 0.937. The number of benzene rings is 1. The van der Waals surface area contributed by atoms with Crippen LogP contribution in [-0.4, -0.2) is 16.7 Å². The number of halogens is 3. The van der Waals surface area contributed by atoms with Crippen LogP contribution in [0.25, 0.3) is 0 Å². The lowest BCUT2D eigenvalue weighted by molar-refractivity contribution is -0.137. The first-order valence-electron chi connectivity index (χ1n) is 5.86. The SMILES string of the molecule is CCOc1ccccc1C(O)c1cnc(C(F)(F)F)s1. The molecule has 7 heteroatoms. The van der Waals surface area contributed by atoms with Crippen molar-refractivity contribution in [1.82, 2.24) is 4.98 Å². The van der Waals surface area contributed by atoms with Gasteiger partial charge in [-0.15, -0.1) is 11.3 Å². The maximum Gasteiger partial charge on any atom is 0.443 e. The van der Waals surface area contributed by atoms with Gasteiger partial charge in [0.15, 0.2) is 5.01 Å². The van der Waals surface area contributed by atoms with E-state index >= 15 is 0 Å². The zero-order chi connectivity index (χ0) is 14.8. The van der Waals surface area contributed by atoms with Gasteiger partial charge < -0.3 is 9.84 Å². The Balaban J connectivity index is 2.32. The summed E-state index contributed by atoms with van der Waals surface area (Å²) < 4.78 is 42.9. The number of thiazole rings is 1. The maximum atomic E-state index is 12.5. The fourth-order valence-corrected chi connectivity index (χ4v) is 2.48. The topological polar surface area (TPSA) is 42.4 Å². The monoisotopic (exact) mass is 303 g/mol. The molecule has 2 aromatic rings. The van der Waals surface area contributed by atoms with E-state index in [-0.39, 0.29) is 4.88 Å². The van der Waals surface area contributed by atoms with Gasteiger partial charge >= 0.3 is 6.18 Å². The Morgan fingerprint density at radius 1 is 1.35 bits per heavy atom. The number of aliphatic hydroxyl groups is 1. The molecule has 1 heterocycles. The van der Waals surface area contributed by atoms with E-state index in [9.17, 15) is 18.3 Å². The lowest BCUT2D eigenvalue weighted by atomic mass is 10.1. The molecule has 1 unspecified atom stereocenters. The lowest BCUT2D eigenvalue weighted by Crippen LogP contribution is -2.03. The summed E-state index contributed by atoms with van der Waals surface area (Å²) in [5.41, 5.74) is 0.423. The fourth-order valence-electron chi connectivity index (χ4n) is 1.69. The summed E-state index contributed by atoms with van der Waals surface area (Å²) in [5.74, 6) is 0.449. The Morgan fingerprint density at radius 3 is 2.65 bits per heavy atom. The van der Waals surface area contributed by atoms with E-state index in [4.69, 9.17) is 4.74 Å². The van der Waals surface area contributed by atoms with E-state index < -0.39 is 17.3 Å². The number of hydrogen-bond donors (Lipinski definition) is 1. The molecule has 1 atom stereocenters. The highest BCUT2D eigenvalue weighted by atomic mass is 32.1. The second kappa shape index (κ2) is 5.80. The predicted octanol–water partition coefficient (Wildman–Crippen LogP) is 3.64. The maximum absolute atomic E-state index is 12.5. The average Bonchev–Trinajstić information content (AvgIpc) is 2.88. The van der Waals surface area contributed by atoms with Crippen molar-refractivity contribution in [2.45, 2.75) is 19.2 Å². The third-order valence-corrected chi connectivity index (χ3v) is 3.64. The van der Waals surface area contributed by atoms with Crippen LogP contribution in [0.4, 0.5) is 13.2 Å². The van der Waals surface area contributed by atoms with E-state index in [0.717, 1.165) is 6.20 Å². The van der Waals surface area contributed by atoms with E-state index in [1.54, 1.807) is 31.2 Å². The van der Waals surface area contributed by atoms with Gasteiger partial charge in [-0.25, -0.2) is 4.98 Å². The van der Waals surface area contributed by atoms with Crippen molar-refractivity contribution >= 4 is 11.3 Å². The molecular weight excluding hydrogens is 291 g/mol. The van der Waals surface area contributed by atoms with Crippen LogP contribution >= 0.6 is 11.3 Å². The molecule has 0 amide bonds. The second-order valence-corrected chi connectivity index (χ2v) is 5.00. The average molecular weight is 303 g/mol. The number of ether oxygens (including phenoxy) is 1. The molecule has 1 aromatic heterocycles. The Labute approximate surface area is 117 Å². The Bertz CT molecular complexity index is 583. The summed E-state index contributed by atoms with van der Waals surface area (Å²) in [4.78, 5) is 3.43. The van der Waals surface area contributed by atoms with Crippen molar-refractivity contribution in [3.05, 3.63) is 45.9 Å². The van der Waals surface area contributed by atoms with Gasteiger partial charge in [0.05, 0.1) is 11.5 Å². The van der Waals surface area contributed by atoms with Crippen molar-refractivity contribution in [3.63, 3.8) is 0 Å². The number of rotatable bonds is 4. The van der Waals surface area contributed by atoms with Crippen molar-refractivity contribution in [3.8, 4) is 5.75 Å². The highest BCUT2D eigenvalue weighted by molar-refractivity contribution is 7.11. The van der Waals surface area contributed by atoms with Gasteiger partial charge in [0.1, 0.15) is 11.9 Å². The standard InChI is InChI=1S/C13H12F3NO2S/c1-2-19-9-6-4-3-5-8(9)11(18)10-7-17-12(20-10)13(14,15)16/h3-7,11,18H,2H2,1H3. The van der Waals surface area contributed by atoms with Crippen LogP contribution in [0.15, 0.2) is 30.5 Å². The molecule has 0 saturated heterocycles. The van der Waals surface area contributed by atoms with Gasteiger partial charge in [-0.05, 0) is 13.0 Å². The molecule has 0 aliphatic rings. The van der Waals surface area contributed by atoms with Crippen LogP contribution in [0.2, 0.25) is 0 Å². The summed E-state index contributed by atoms with van der Waals surface area (Å²) >= 11 is 0.428. The molecule has 0 aliphatic heterocycles. The molecule has 0 aliphatic carbocycles. The molecule has 3 nitrogen and oxygen atoms in total. The fraction of sp³-hybridized carbons (Fsp3) is 0.308. The first-order valence-corrected chi connectivity index (χ1v) is 6.67.